The van der Waals surface area contributed by atoms with Gasteiger partial charge in [-0.3, -0.25) is 0 Å². The lowest BCUT2D eigenvalue weighted by atomic mass is 9.97. The lowest BCUT2D eigenvalue weighted by Gasteiger charge is -2.26. The third-order valence-electron chi connectivity index (χ3n) is 4.90. The number of aryl methyl sites for hydroxylation is 1. The molecule has 0 radical (unpaired) electrons. The Kier molecular flexibility index (Phi) is 6.49. The molecule has 0 aliphatic carbocycles. The van der Waals surface area contributed by atoms with Crippen LogP contribution in [0.4, 0.5) is 0 Å². The Hall–Kier alpha value is -2.80. The molecular weight excluding hydrogens is 338 g/mol. The highest BCUT2D eigenvalue weighted by molar-refractivity contribution is 5.91. The molecule has 4 heteroatoms. The molecule has 1 heterocycles. The molecule has 140 valence electrons. The van der Waals surface area contributed by atoms with E-state index in [1.165, 1.54) is 25.7 Å². The summed E-state index contributed by atoms with van der Waals surface area (Å²) in [6.45, 7) is 2.22. The third kappa shape index (κ3) is 5.10. The number of esters is 1. The van der Waals surface area contributed by atoms with Crippen molar-refractivity contribution in [3.8, 4) is 17.6 Å². The molecule has 4 nitrogen and oxygen atoms in total. The fraction of sp³-hybridized carbons (Fsp3) is 0.391. The van der Waals surface area contributed by atoms with E-state index in [9.17, 15) is 4.79 Å². The molecule has 1 atom stereocenters. The minimum absolute atomic E-state index is 0.283. The summed E-state index contributed by atoms with van der Waals surface area (Å²) in [4.78, 5) is 12.4. The summed E-state index contributed by atoms with van der Waals surface area (Å²) < 4.78 is 11.5. The van der Waals surface area contributed by atoms with E-state index < -0.39 is 5.97 Å². The first-order valence-electron chi connectivity index (χ1n) is 9.71. The summed E-state index contributed by atoms with van der Waals surface area (Å²) >= 11 is 0. The van der Waals surface area contributed by atoms with E-state index in [2.05, 4.69) is 6.92 Å². The normalized spacial score (nSPS) is 15.3. The Balaban J connectivity index is 1.59. The highest BCUT2D eigenvalue weighted by Gasteiger charge is 2.21. The van der Waals surface area contributed by atoms with Crippen LogP contribution in [0.3, 0.4) is 0 Å². The van der Waals surface area contributed by atoms with Crippen LogP contribution in [-0.4, -0.2) is 12.1 Å². The van der Waals surface area contributed by atoms with Crippen molar-refractivity contribution < 1.29 is 14.3 Å². The molecule has 0 amide bonds. The fourth-order valence-corrected chi connectivity index (χ4v) is 3.34. The SMILES string of the molecule is CCCCCCC1CCc2cc(C(=O)Oc3ccc(C#N)cc3)ccc2O1. The van der Waals surface area contributed by atoms with Gasteiger partial charge >= 0.3 is 5.97 Å². The number of nitriles is 1. The maximum Gasteiger partial charge on any atom is 0.343 e. The molecule has 27 heavy (non-hydrogen) atoms. The van der Waals surface area contributed by atoms with Gasteiger partial charge in [-0.15, -0.1) is 0 Å². The number of rotatable bonds is 7. The molecule has 0 fully saturated rings. The Bertz CT molecular complexity index is 821. The monoisotopic (exact) mass is 363 g/mol. The Morgan fingerprint density at radius 2 is 2.00 bits per heavy atom. The van der Waals surface area contributed by atoms with Crippen LogP contribution in [0.15, 0.2) is 42.5 Å². The van der Waals surface area contributed by atoms with Gasteiger partial charge in [0, 0.05) is 0 Å². The number of carbonyl (C=O) groups is 1. The Morgan fingerprint density at radius 3 is 2.74 bits per heavy atom. The summed E-state index contributed by atoms with van der Waals surface area (Å²) in [6.07, 6.45) is 8.31. The minimum Gasteiger partial charge on any atom is -0.490 e. The van der Waals surface area contributed by atoms with E-state index in [-0.39, 0.29) is 6.10 Å². The Morgan fingerprint density at radius 1 is 1.19 bits per heavy atom. The van der Waals surface area contributed by atoms with Crippen LogP contribution in [0.25, 0.3) is 0 Å². The number of hydrogen-bond acceptors (Lipinski definition) is 4. The van der Waals surface area contributed by atoms with Crippen LogP contribution >= 0.6 is 0 Å². The molecule has 0 saturated heterocycles. The Labute approximate surface area is 160 Å². The molecule has 3 rings (SSSR count). The second kappa shape index (κ2) is 9.23. The maximum absolute atomic E-state index is 12.4. The van der Waals surface area contributed by atoms with Crippen LogP contribution in [0, 0.1) is 11.3 Å². The summed E-state index contributed by atoms with van der Waals surface area (Å²) in [5.74, 6) is 0.918. The predicted octanol–water partition coefficient (Wildman–Crippen LogP) is 5.44. The van der Waals surface area contributed by atoms with Crippen LogP contribution in [0.1, 0.15) is 66.9 Å². The lowest BCUT2D eigenvalue weighted by molar-refractivity contribution is 0.0734. The van der Waals surface area contributed by atoms with E-state index in [0.717, 1.165) is 30.6 Å². The van der Waals surface area contributed by atoms with E-state index >= 15 is 0 Å². The molecular formula is C23H25NO3. The van der Waals surface area contributed by atoms with Gasteiger partial charge in [-0.2, -0.15) is 5.26 Å². The summed E-state index contributed by atoms with van der Waals surface area (Å²) in [5.41, 5.74) is 2.11. The largest absolute Gasteiger partial charge is 0.490 e. The first kappa shape index (κ1) is 19.0. The fourth-order valence-electron chi connectivity index (χ4n) is 3.34. The van der Waals surface area contributed by atoms with Gasteiger partial charge in [-0.05, 0) is 73.7 Å². The first-order chi connectivity index (χ1) is 13.2. The summed E-state index contributed by atoms with van der Waals surface area (Å²) in [7, 11) is 0. The zero-order valence-electron chi connectivity index (χ0n) is 15.7. The molecule has 0 saturated carbocycles. The number of fused-ring (bicyclic) bond motifs is 1. The highest BCUT2D eigenvalue weighted by Crippen LogP contribution is 2.30. The topological polar surface area (TPSA) is 59.3 Å². The number of hydrogen-bond donors (Lipinski definition) is 0. The number of benzene rings is 2. The molecule has 0 aromatic heterocycles. The molecule has 0 spiro atoms. The zero-order chi connectivity index (χ0) is 19.1. The summed E-state index contributed by atoms with van der Waals surface area (Å²) in [6, 6.07) is 14.1. The van der Waals surface area contributed by atoms with Gasteiger partial charge in [0.05, 0.1) is 23.3 Å². The van der Waals surface area contributed by atoms with E-state index in [1.807, 2.05) is 18.2 Å². The molecule has 2 aromatic rings. The summed E-state index contributed by atoms with van der Waals surface area (Å²) in [5, 5.41) is 8.82. The van der Waals surface area contributed by atoms with Gasteiger partial charge in [0.2, 0.25) is 0 Å². The van der Waals surface area contributed by atoms with E-state index in [1.54, 1.807) is 30.3 Å². The third-order valence-corrected chi connectivity index (χ3v) is 4.90. The van der Waals surface area contributed by atoms with Crippen LogP contribution in [0.2, 0.25) is 0 Å². The highest BCUT2D eigenvalue weighted by atomic mass is 16.5. The quantitative estimate of drug-likeness (QED) is 0.373. The van der Waals surface area contributed by atoms with Crippen molar-refractivity contribution in [3.63, 3.8) is 0 Å². The predicted molar refractivity (Wildman–Crippen MR) is 104 cm³/mol. The number of ether oxygens (including phenoxy) is 2. The van der Waals surface area contributed by atoms with E-state index in [0.29, 0.717) is 16.9 Å². The average Bonchev–Trinajstić information content (AvgIpc) is 2.71. The van der Waals surface area contributed by atoms with Gasteiger partial charge in [0.25, 0.3) is 0 Å². The number of unbranched alkanes of at least 4 members (excludes halogenated alkanes) is 3. The lowest BCUT2D eigenvalue weighted by Crippen LogP contribution is -2.23. The molecule has 0 bridgehead atoms. The standard InChI is InChI=1S/C23H25NO3/c1-2-3-4-5-6-20-13-9-18-15-19(10-14-22(18)26-20)23(25)27-21-11-7-17(16-24)8-12-21/h7-8,10-12,14-15,20H,2-6,9,13H2,1H3. The van der Waals surface area contributed by atoms with Crippen LogP contribution in [-0.2, 0) is 6.42 Å². The van der Waals surface area contributed by atoms with Crippen molar-refractivity contribution in [1.29, 1.82) is 5.26 Å². The van der Waals surface area contributed by atoms with Crippen molar-refractivity contribution in [1.82, 2.24) is 0 Å². The van der Waals surface area contributed by atoms with Crippen molar-refractivity contribution >= 4 is 5.97 Å². The van der Waals surface area contributed by atoms with Crippen molar-refractivity contribution in [2.24, 2.45) is 0 Å². The smallest absolute Gasteiger partial charge is 0.343 e. The second-order valence-electron chi connectivity index (χ2n) is 6.98. The second-order valence-corrected chi connectivity index (χ2v) is 6.98. The molecule has 1 aliphatic rings. The molecule has 2 aromatic carbocycles. The van der Waals surface area contributed by atoms with Crippen molar-refractivity contribution in [2.75, 3.05) is 0 Å². The number of nitrogens with zero attached hydrogens (tertiary/aromatic N) is 1. The van der Waals surface area contributed by atoms with Gasteiger partial charge in [-0.1, -0.05) is 26.2 Å². The first-order valence-corrected chi connectivity index (χ1v) is 9.71. The van der Waals surface area contributed by atoms with Gasteiger partial charge < -0.3 is 9.47 Å². The molecule has 1 aliphatic heterocycles. The zero-order valence-corrected chi connectivity index (χ0v) is 15.7. The number of carbonyl (C=O) groups excluding carboxylic acids is 1. The van der Waals surface area contributed by atoms with E-state index in [4.69, 9.17) is 14.7 Å². The minimum atomic E-state index is -0.399. The van der Waals surface area contributed by atoms with Crippen molar-refractivity contribution in [2.45, 2.75) is 58.0 Å². The molecule has 1 unspecified atom stereocenters. The van der Waals surface area contributed by atoms with Crippen LogP contribution in [0.5, 0.6) is 11.5 Å². The maximum atomic E-state index is 12.4. The van der Waals surface area contributed by atoms with Crippen LogP contribution < -0.4 is 9.47 Å². The van der Waals surface area contributed by atoms with Gasteiger partial charge in [0.1, 0.15) is 11.5 Å². The molecule has 0 N–H and O–H groups in total. The van der Waals surface area contributed by atoms with Gasteiger partial charge in [0.15, 0.2) is 0 Å². The average molecular weight is 363 g/mol. The van der Waals surface area contributed by atoms with Gasteiger partial charge in [-0.25, -0.2) is 4.79 Å². The van der Waals surface area contributed by atoms with Crippen molar-refractivity contribution in [3.05, 3.63) is 59.2 Å².